The normalized spacial score (nSPS) is 12.4. The molecule has 0 amide bonds. The van der Waals surface area contributed by atoms with Crippen LogP contribution in [0.5, 0.6) is 23.0 Å². The number of phenols is 1. The van der Waals surface area contributed by atoms with Gasteiger partial charge in [0.05, 0.1) is 7.11 Å². The molecule has 0 radical (unpaired) electrons. The van der Waals surface area contributed by atoms with Crippen molar-refractivity contribution in [2.75, 3.05) is 13.9 Å². The smallest absolute Gasteiger partial charge is 0.231 e. The second-order valence-corrected chi connectivity index (χ2v) is 4.76. The van der Waals surface area contributed by atoms with Gasteiger partial charge in [-0.2, -0.15) is 0 Å². The van der Waals surface area contributed by atoms with Crippen molar-refractivity contribution in [2.45, 2.75) is 13.1 Å². The van der Waals surface area contributed by atoms with Gasteiger partial charge in [-0.05, 0) is 23.8 Å². The van der Waals surface area contributed by atoms with Gasteiger partial charge in [0.25, 0.3) is 0 Å². The van der Waals surface area contributed by atoms with Crippen LogP contribution in [0.2, 0.25) is 0 Å². The summed E-state index contributed by atoms with van der Waals surface area (Å²) in [6.07, 6.45) is 0. The van der Waals surface area contributed by atoms with Gasteiger partial charge in [0, 0.05) is 18.7 Å². The number of nitrogens with one attached hydrogen (secondary N) is 1. The first-order valence-corrected chi connectivity index (χ1v) is 6.72. The zero-order chi connectivity index (χ0) is 14.7. The van der Waals surface area contributed by atoms with Gasteiger partial charge in [0.15, 0.2) is 23.0 Å². The van der Waals surface area contributed by atoms with Crippen molar-refractivity contribution in [3.8, 4) is 23.0 Å². The van der Waals surface area contributed by atoms with E-state index in [1.807, 2.05) is 24.3 Å². The van der Waals surface area contributed by atoms with E-state index >= 15 is 0 Å². The molecule has 0 spiro atoms. The monoisotopic (exact) mass is 287 g/mol. The molecule has 2 N–H and O–H groups in total. The third kappa shape index (κ3) is 2.87. The van der Waals surface area contributed by atoms with E-state index in [1.54, 1.807) is 12.1 Å². The summed E-state index contributed by atoms with van der Waals surface area (Å²) < 4.78 is 15.8. The summed E-state index contributed by atoms with van der Waals surface area (Å²) in [6.45, 7) is 1.58. The minimum atomic E-state index is 0.147. The van der Waals surface area contributed by atoms with E-state index in [9.17, 15) is 5.11 Å². The highest BCUT2D eigenvalue weighted by Gasteiger charge is 2.16. The molecule has 0 saturated heterocycles. The van der Waals surface area contributed by atoms with Gasteiger partial charge in [-0.15, -0.1) is 0 Å². The van der Waals surface area contributed by atoms with Crippen LogP contribution in [0.3, 0.4) is 0 Å². The van der Waals surface area contributed by atoms with Crippen LogP contribution in [-0.4, -0.2) is 19.0 Å². The van der Waals surface area contributed by atoms with Crippen LogP contribution >= 0.6 is 0 Å². The lowest BCUT2D eigenvalue weighted by Crippen LogP contribution is -2.13. The van der Waals surface area contributed by atoms with E-state index in [4.69, 9.17) is 14.2 Å². The molecule has 110 valence electrons. The minimum Gasteiger partial charge on any atom is -0.504 e. The number of fused-ring (bicyclic) bond motifs is 1. The van der Waals surface area contributed by atoms with Crippen LogP contribution in [0, 0.1) is 0 Å². The van der Waals surface area contributed by atoms with Gasteiger partial charge >= 0.3 is 0 Å². The molecule has 0 aromatic heterocycles. The van der Waals surface area contributed by atoms with Crippen molar-refractivity contribution in [2.24, 2.45) is 0 Å². The lowest BCUT2D eigenvalue weighted by atomic mass is 10.1. The average molecular weight is 287 g/mol. The largest absolute Gasteiger partial charge is 0.504 e. The molecule has 2 aromatic carbocycles. The summed E-state index contributed by atoms with van der Waals surface area (Å²) in [5.74, 6) is 2.22. The topological polar surface area (TPSA) is 60.0 Å². The molecule has 5 nitrogen and oxygen atoms in total. The molecule has 0 atom stereocenters. The van der Waals surface area contributed by atoms with E-state index in [1.165, 1.54) is 7.11 Å². The molecule has 0 bridgehead atoms. The maximum Gasteiger partial charge on any atom is 0.231 e. The number of rotatable bonds is 5. The highest BCUT2D eigenvalue weighted by molar-refractivity contribution is 5.48. The van der Waals surface area contributed by atoms with Crippen molar-refractivity contribution in [3.63, 3.8) is 0 Å². The van der Waals surface area contributed by atoms with Crippen LogP contribution < -0.4 is 19.5 Å². The third-order valence-corrected chi connectivity index (χ3v) is 3.37. The fourth-order valence-corrected chi connectivity index (χ4v) is 2.32. The molecule has 0 fully saturated rings. The molecule has 0 unspecified atom stereocenters. The molecule has 0 saturated carbocycles. The number of hydrogen-bond acceptors (Lipinski definition) is 5. The van der Waals surface area contributed by atoms with Gasteiger partial charge in [-0.25, -0.2) is 0 Å². The number of benzene rings is 2. The zero-order valence-electron chi connectivity index (χ0n) is 11.8. The summed E-state index contributed by atoms with van der Waals surface area (Å²) in [5.41, 5.74) is 2.04. The molecule has 21 heavy (non-hydrogen) atoms. The van der Waals surface area contributed by atoms with Gasteiger partial charge < -0.3 is 24.6 Å². The first kappa shape index (κ1) is 13.6. The van der Waals surface area contributed by atoms with E-state index in [-0.39, 0.29) is 12.5 Å². The number of para-hydroxylation sites is 1. The Morgan fingerprint density at radius 1 is 1.19 bits per heavy atom. The molecule has 5 heteroatoms. The van der Waals surface area contributed by atoms with Crippen LogP contribution in [0.15, 0.2) is 36.4 Å². The summed E-state index contributed by atoms with van der Waals surface area (Å²) in [7, 11) is 1.53. The molecule has 0 aliphatic carbocycles. The second-order valence-electron chi connectivity index (χ2n) is 4.76. The van der Waals surface area contributed by atoms with E-state index in [0.29, 0.717) is 18.8 Å². The quantitative estimate of drug-likeness (QED) is 0.884. The SMILES string of the molecule is COc1ccc(CNCc2cccc3c2OCO3)cc1O. The highest BCUT2D eigenvalue weighted by atomic mass is 16.7. The Labute approximate surface area is 123 Å². The number of ether oxygens (including phenoxy) is 3. The fourth-order valence-electron chi connectivity index (χ4n) is 2.32. The summed E-state index contributed by atoms with van der Waals surface area (Å²) in [5, 5.41) is 13.1. The highest BCUT2D eigenvalue weighted by Crippen LogP contribution is 2.35. The van der Waals surface area contributed by atoms with Crippen molar-refractivity contribution in [3.05, 3.63) is 47.5 Å². The Morgan fingerprint density at radius 3 is 2.90 bits per heavy atom. The lowest BCUT2D eigenvalue weighted by molar-refractivity contribution is 0.173. The lowest BCUT2D eigenvalue weighted by Gasteiger charge is -2.09. The standard InChI is InChI=1S/C16H17NO4/c1-19-14-6-5-11(7-13(14)18)8-17-9-12-3-2-4-15-16(12)21-10-20-15/h2-7,17-18H,8-10H2,1H3. The first-order chi connectivity index (χ1) is 10.3. The molecule has 2 aromatic rings. The van der Waals surface area contributed by atoms with Crippen LogP contribution in [0.4, 0.5) is 0 Å². The Morgan fingerprint density at radius 2 is 2.10 bits per heavy atom. The number of methoxy groups -OCH3 is 1. The second kappa shape index (κ2) is 5.93. The van der Waals surface area contributed by atoms with Crippen LogP contribution in [0.25, 0.3) is 0 Å². The predicted molar refractivity (Wildman–Crippen MR) is 77.8 cm³/mol. The summed E-state index contributed by atoms with van der Waals surface area (Å²) in [6, 6.07) is 11.2. The van der Waals surface area contributed by atoms with Crippen molar-refractivity contribution < 1.29 is 19.3 Å². The molecular weight excluding hydrogens is 270 g/mol. The molecule has 1 aliphatic rings. The minimum absolute atomic E-state index is 0.147. The van der Waals surface area contributed by atoms with Crippen LogP contribution in [-0.2, 0) is 13.1 Å². The van der Waals surface area contributed by atoms with Gasteiger partial charge in [0.2, 0.25) is 6.79 Å². The van der Waals surface area contributed by atoms with Crippen molar-refractivity contribution in [1.82, 2.24) is 5.32 Å². The maximum absolute atomic E-state index is 9.75. The van der Waals surface area contributed by atoms with Gasteiger partial charge in [0.1, 0.15) is 0 Å². The summed E-state index contributed by atoms with van der Waals surface area (Å²) >= 11 is 0. The van der Waals surface area contributed by atoms with Gasteiger partial charge in [-0.1, -0.05) is 18.2 Å². The molecule has 1 aliphatic heterocycles. The van der Waals surface area contributed by atoms with E-state index in [0.717, 1.165) is 22.6 Å². The number of phenolic OH excluding ortho intramolecular Hbond substituents is 1. The fraction of sp³-hybridized carbons (Fsp3) is 0.250. The summed E-state index contributed by atoms with van der Waals surface area (Å²) in [4.78, 5) is 0. The Kier molecular flexibility index (Phi) is 3.83. The molecule has 3 rings (SSSR count). The number of aromatic hydroxyl groups is 1. The molecule has 1 heterocycles. The Hall–Kier alpha value is -2.40. The Bertz CT molecular complexity index is 642. The van der Waals surface area contributed by atoms with E-state index in [2.05, 4.69) is 5.32 Å². The van der Waals surface area contributed by atoms with Crippen molar-refractivity contribution in [1.29, 1.82) is 0 Å². The molecular formula is C16H17NO4. The zero-order valence-corrected chi connectivity index (χ0v) is 11.8. The Balaban J connectivity index is 1.62. The van der Waals surface area contributed by atoms with Crippen molar-refractivity contribution >= 4 is 0 Å². The maximum atomic E-state index is 9.75. The first-order valence-electron chi connectivity index (χ1n) is 6.72. The number of hydrogen-bond donors (Lipinski definition) is 2. The van der Waals surface area contributed by atoms with Crippen LogP contribution in [0.1, 0.15) is 11.1 Å². The van der Waals surface area contributed by atoms with E-state index < -0.39 is 0 Å². The average Bonchev–Trinajstić information content (AvgIpc) is 2.97. The predicted octanol–water partition coefficient (Wildman–Crippen LogP) is 2.42. The third-order valence-electron chi connectivity index (χ3n) is 3.37. The van der Waals surface area contributed by atoms with Gasteiger partial charge in [-0.3, -0.25) is 0 Å².